The number of nitrogens with zero attached hydrogens (tertiary/aromatic N) is 1. The van der Waals surface area contributed by atoms with Gasteiger partial charge in [-0.15, -0.1) is 0 Å². The molecule has 0 aliphatic carbocycles. The van der Waals surface area contributed by atoms with Gasteiger partial charge >= 0.3 is 0 Å². The summed E-state index contributed by atoms with van der Waals surface area (Å²) in [5.41, 5.74) is 2.60. The number of carbonyl (C=O) groups excluding carboxylic acids is 2. The Morgan fingerprint density at radius 2 is 1.89 bits per heavy atom. The molecule has 0 bridgehead atoms. The third-order valence-corrected chi connectivity index (χ3v) is 4.95. The number of rotatable bonds is 7. The highest BCUT2D eigenvalue weighted by molar-refractivity contribution is 6.03. The van der Waals surface area contributed by atoms with E-state index in [1.165, 1.54) is 5.56 Å². The first-order valence-corrected chi connectivity index (χ1v) is 9.70. The number of hydrogen-bond donors (Lipinski definition) is 0. The maximum absolute atomic E-state index is 13.0. The minimum absolute atomic E-state index is 0.0216. The van der Waals surface area contributed by atoms with E-state index in [1.54, 1.807) is 17.0 Å². The first kappa shape index (κ1) is 19.2. The molecule has 3 rings (SSSR count). The van der Waals surface area contributed by atoms with Crippen LogP contribution in [-0.2, 0) is 11.2 Å². The Morgan fingerprint density at radius 3 is 2.56 bits per heavy atom. The number of benzene rings is 2. The van der Waals surface area contributed by atoms with Crippen LogP contribution in [0.1, 0.15) is 49.5 Å². The van der Waals surface area contributed by atoms with Gasteiger partial charge in [-0.05, 0) is 42.5 Å². The zero-order valence-corrected chi connectivity index (χ0v) is 16.3. The summed E-state index contributed by atoms with van der Waals surface area (Å²) in [5.74, 6) is 0.812. The van der Waals surface area contributed by atoms with Crippen LogP contribution in [-0.4, -0.2) is 24.3 Å². The highest BCUT2D eigenvalue weighted by Crippen LogP contribution is 2.37. The normalized spacial score (nSPS) is 16.2. The molecule has 0 radical (unpaired) electrons. The van der Waals surface area contributed by atoms with Crippen LogP contribution in [0.5, 0.6) is 5.75 Å². The van der Waals surface area contributed by atoms with E-state index < -0.39 is 6.10 Å². The van der Waals surface area contributed by atoms with Gasteiger partial charge in [0.05, 0.1) is 5.69 Å². The van der Waals surface area contributed by atoms with E-state index in [0.717, 1.165) is 12.8 Å². The largest absolute Gasteiger partial charge is 0.478 e. The maximum atomic E-state index is 13.0. The molecule has 0 N–H and O–H groups in total. The van der Waals surface area contributed by atoms with Crippen molar-refractivity contribution >= 4 is 17.4 Å². The van der Waals surface area contributed by atoms with Gasteiger partial charge < -0.3 is 9.64 Å². The lowest BCUT2D eigenvalue weighted by Crippen LogP contribution is -2.48. The zero-order chi connectivity index (χ0) is 19.4. The minimum atomic E-state index is -0.484. The number of amides is 1. The van der Waals surface area contributed by atoms with E-state index in [-0.39, 0.29) is 17.6 Å². The number of carbonyl (C=O) groups is 2. The second-order valence-corrected chi connectivity index (χ2v) is 7.32. The van der Waals surface area contributed by atoms with E-state index in [9.17, 15) is 9.59 Å². The fourth-order valence-corrected chi connectivity index (χ4v) is 3.40. The molecule has 27 heavy (non-hydrogen) atoms. The van der Waals surface area contributed by atoms with E-state index in [0.29, 0.717) is 30.0 Å². The molecule has 1 heterocycles. The number of anilines is 1. The van der Waals surface area contributed by atoms with E-state index in [4.69, 9.17) is 4.74 Å². The summed E-state index contributed by atoms with van der Waals surface area (Å²) >= 11 is 0. The van der Waals surface area contributed by atoms with Gasteiger partial charge in [0.2, 0.25) is 0 Å². The molecule has 0 saturated carbocycles. The summed E-state index contributed by atoms with van der Waals surface area (Å²) in [4.78, 5) is 27.0. The molecule has 1 atom stereocenters. The van der Waals surface area contributed by atoms with Gasteiger partial charge in [0.1, 0.15) is 5.75 Å². The highest BCUT2D eigenvalue weighted by atomic mass is 16.5. The van der Waals surface area contributed by atoms with Crippen LogP contribution in [0.15, 0.2) is 48.5 Å². The lowest BCUT2D eigenvalue weighted by atomic mass is 10.0. The quantitative estimate of drug-likeness (QED) is 0.670. The Morgan fingerprint density at radius 1 is 1.15 bits per heavy atom. The summed E-state index contributed by atoms with van der Waals surface area (Å²) in [7, 11) is 0. The summed E-state index contributed by atoms with van der Waals surface area (Å²) in [5, 5.41) is 0. The lowest BCUT2D eigenvalue weighted by molar-refractivity contribution is -0.128. The number of fused-ring (bicyclic) bond motifs is 1. The molecule has 142 valence electrons. The van der Waals surface area contributed by atoms with Gasteiger partial charge in [0, 0.05) is 18.5 Å². The molecule has 1 aliphatic rings. The van der Waals surface area contributed by atoms with E-state index in [1.807, 2.05) is 45.0 Å². The first-order chi connectivity index (χ1) is 13.0. The molecule has 1 amide bonds. The Balaban J connectivity index is 1.85. The fourth-order valence-electron chi connectivity index (χ4n) is 3.40. The van der Waals surface area contributed by atoms with E-state index in [2.05, 4.69) is 12.1 Å². The predicted molar refractivity (Wildman–Crippen MR) is 107 cm³/mol. The Bertz CT molecular complexity index is 814. The standard InChI is InChI=1S/C23H27NO3/c1-4-20(25)18-12-13-21-19(15-18)24(23(26)22(27-21)16(2)3)14-8-11-17-9-6-5-7-10-17/h5-7,9-10,12-13,15-16,22H,4,8,11,14H2,1-3H3. The van der Waals surface area contributed by atoms with Crippen molar-refractivity contribution in [1.82, 2.24) is 0 Å². The van der Waals surface area contributed by atoms with Gasteiger partial charge in [0.15, 0.2) is 11.9 Å². The molecular weight excluding hydrogens is 338 g/mol. The maximum Gasteiger partial charge on any atom is 0.268 e. The molecule has 0 aromatic heterocycles. The van der Waals surface area contributed by atoms with Crippen molar-refractivity contribution in [3.8, 4) is 5.75 Å². The van der Waals surface area contributed by atoms with Crippen LogP contribution >= 0.6 is 0 Å². The Labute approximate surface area is 161 Å². The monoisotopic (exact) mass is 365 g/mol. The summed E-state index contributed by atoms with van der Waals surface area (Å²) in [6.07, 6.45) is 1.71. The molecule has 0 fully saturated rings. The van der Waals surface area contributed by atoms with Crippen LogP contribution in [0.2, 0.25) is 0 Å². The van der Waals surface area contributed by atoms with Crippen molar-refractivity contribution in [3.63, 3.8) is 0 Å². The van der Waals surface area contributed by atoms with Gasteiger partial charge in [-0.2, -0.15) is 0 Å². The highest BCUT2D eigenvalue weighted by Gasteiger charge is 2.36. The number of Topliss-reactive ketones (excluding diaryl/α,β-unsaturated/α-hetero) is 1. The summed E-state index contributed by atoms with van der Waals surface area (Å²) < 4.78 is 5.97. The molecule has 0 saturated heterocycles. The van der Waals surface area contributed by atoms with Crippen LogP contribution in [0.3, 0.4) is 0 Å². The van der Waals surface area contributed by atoms with Gasteiger partial charge in [-0.1, -0.05) is 51.1 Å². The third kappa shape index (κ3) is 4.21. The molecule has 2 aromatic carbocycles. The van der Waals surface area contributed by atoms with Crippen molar-refractivity contribution < 1.29 is 14.3 Å². The average Bonchev–Trinajstić information content (AvgIpc) is 2.69. The molecule has 4 heteroatoms. The topological polar surface area (TPSA) is 46.6 Å². The molecule has 0 spiro atoms. The molecule has 2 aromatic rings. The second-order valence-electron chi connectivity index (χ2n) is 7.32. The Hall–Kier alpha value is -2.62. The van der Waals surface area contributed by atoms with Crippen molar-refractivity contribution in [2.24, 2.45) is 5.92 Å². The van der Waals surface area contributed by atoms with Crippen molar-refractivity contribution in [2.45, 2.75) is 46.1 Å². The molecule has 1 aliphatic heterocycles. The SMILES string of the molecule is CCC(=O)c1ccc2c(c1)N(CCCc1ccccc1)C(=O)C(C(C)C)O2. The van der Waals surface area contributed by atoms with Crippen LogP contribution in [0.25, 0.3) is 0 Å². The van der Waals surface area contributed by atoms with Gasteiger partial charge in [-0.3, -0.25) is 9.59 Å². The Kier molecular flexibility index (Phi) is 5.94. The number of aryl methyl sites for hydroxylation is 1. The van der Waals surface area contributed by atoms with Crippen molar-refractivity contribution in [3.05, 3.63) is 59.7 Å². The summed E-state index contributed by atoms with van der Waals surface area (Å²) in [6.45, 7) is 6.43. The molecule has 4 nitrogen and oxygen atoms in total. The molecular formula is C23H27NO3. The van der Waals surface area contributed by atoms with Crippen LogP contribution in [0, 0.1) is 5.92 Å². The fraction of sp³-hybridized carbons (Fsp3) is 0.391. The van der Waals surface area contributed by atoms with Crippen molar-refractivity contribution in [1.29, 1.82) is 0 Å². The zero-order valence-electron chi connectivity index (χ0n) is 16.3. The second kappa shape index (κ2) is 8.38. The number of ether oxygens (including phenoxy) is 1. The predicted octanol–water partition coefficient (Wildman–Crippen LogP) is 4.66. The van der Waals surface area contributed by atoms with Gasteiger partial charge in [-0.25, -0.2) is 0 Å². The first-order valence-electron chi connectivity index (χ1n) is 9.70. The molecule has 1 unspecified atom stereocenters. The van der Waals surface area contributed by atoms with Gasteiger partial charge in [0.25, 0.3) is 5.91 Å². The van der Waals surface area contributed by atoms with Crippen LogP contribution < -0.4 is 9.64 Å². The summed E-state index contributed by atoms with van der Waals surface area (Å²) in [6, 6.07) is 15.7. The van der Waals surface area contributed by atoms with E-state index >= 15 is 0 Å². The lowest BCUT2D eigenvalue weighted by Gasteiger charge is -2.36. The number of ketones is 1. The van der Waals surface area contributed by atoms with Crippen molar-refractivity contribution in [2.75, 3.05) is 11.4 Å². The smallest absolute Gasteiger partial charge is 0.268 e. The third-order valence-electron chi connectivity index (χ3n) is 4.95. The van der Waals surface area contributed by atoms with Crippen LogP contribution in [0.4, 0.5) is 5.69 Å². The average molecular weight is 365 g/mol. The number of hydrogen-bond acceptors (Lipinski definition) is 3. The minimum Gasteiger partial charge on any atom is -0.478 e.